The molecule has 12 aromatic rings. The van der Waals surface area contributed by atoms with Crippen LogP contribution in [0.15, 0.2) is 219 Å². The lowest BCUT2D eigenvalue weighted by Crippen LogP contribution is -2.40. The molecule has 3 amide bonds. The summed E-state index contributed by atoms with van der Waals surface area (Å²) in [5, 5.41) is 17.2. The SMILES string of the molecule is CC(C)N(C/C=C/C(=O)N1CCC[C@@H](n2nc(-c3ccc(Oc4ccccc4)cc3)c3c(N)ncnc32)C1)C1CC1.CC(C)N(C/C=C/C(=O)N1CC[C@@H](n2nc(-c3ccc(Oc4ccccc4)cc3)c3c(N)ncnc32)C1)C1CC1.CCCN(C/C=C/C(=O)N1CCC[C@@H](n2nc(-c3ccc(Oc4ccccc4)cc3)c3c(N)ncnc32)C1)C1CC1. The zero-order valence-electron chi connectivity index (χ0n) is 70.2. The van der Waals surface area contributed by atoms with Gasteiger partial charge in [0.1, 0.15) is 88.0 Å². The van der Waals surface area contributed by atoms with Gasteiger partial charge in [-0.1, -0.05) is 79.7 Å². The van der Waals surface area contributed by atoms with Crippen molar-refractivity contribution in [2.24, 2.45) is 0 Å². The topological polar surface area (TPSA) is 307 Å². The van der Waals surface area contributed by atoms with Gasteiger partial charge >= 0.3 is 0 Å². The predicted molar refractivity (Wildman–Crippen MR) is 477 cm³/mol. The molecule has 122 heavy (non-hydrogen) atoms. The molecule has 6 aromatic carbocycles. The second-order valence-corrected chi connectivity index (χ2v) is 32.9. The highest BCUT2D eigenvalue weighted by molar-refractivity contribution is 6.01. The third-order valence-corrected chi connectivity index (χ3v) is 23.5. The molecule has 6 aliphatic rings. The van der Waals surface area contributed by atoms with Crippen LogP contribution < -0.4 is 31.4 Å². The van der Waals surface area contributed by atoms with Gasteiger partial charge < -0.3 is 46.1 Å². The number of ether oxygens (including phenoxy) is 3. The van der Waals surface area contributed by atoms with Gasteiger partial charge in [-0.2, -0.15) is 15.3 Å². The smallest absolute Gasteiger partial charge is 0.246 e. The number of likely N-dealkylation sites (tertiary alicyclic amines) is 3. The summed E-state index contributed by atoms with van der Waals surface area (Å²) in [4.78, 5) is 78.9. The van der Waals surface area contributed by atoms with Crippen molar-refractivity contribution in [2.75, 3.05) is 82.6 Å². The van der Waals surface area contributed by atoms with E-state index in [9.17, 15) is 14.4 Å². The summed E-state index contributed by atoms with van der Waals surface area (Å²) in [5.74, 6) is 5.84. The molecule has 27 nitrogen and oxygen atoms in total. The minimum absolute atomic E-state index is 0.00205. The molecule has 3 atom stereocenters. The van der Waals surface area contributed by atoms with Crippen LogP contribution in [-0.4, -0.2) is 202 Å². The van der Waals surface area contributed by atoms with Gasteiger partial charge in [0, 0.05) is 124 Å². The van der Waals surface area contributed by atoms with Crippen LogP contribution in [0.5, 0.6) is 34.5 Å². The number of hydrogen-bond acceptors (Lipinski definition) is 21. The predicted octanol–water partition coefficient (Wildman–Crippen LogP) is 16.0. The highest BCUT2D eigenvalue weighted by atomic mass is 16.5. The van der Waals surface area contributed by atoms with E-state index in [0.29, 0.717) is 90.8 Å². The molecule has 6 fully saturated rings. The van der Waals surface area contributed by atoms with Crippen molar-refractivity contribution in [3.63, 3.8) is 0 Å². The van der Waals surface area contributed by atoms with Crippen molar-refractivity contribution in [3.05, 3.63) is 219 Å². The summed E-state index contributed by atoms with van der Waals surface area (Å²) in [5.41, 5.74) is 26.0. The summed E-state index contributed by atoms with van der Waals surface area (Å²) in [7, 11) is 0. The average Bonchev–Trinajstić information content (AvgIpc) is 1.62. The van der Waals surface area contributed by atoms with Gasteiger partial charge in [0.25, 0.3) is 0 Å². The number of piperidine rings is 2. The van der Waals surface area contributed by atoms with Crippen molar-refractivity contribution in [1.29, 1.82) is 0 Å². The van der Waals surface area contributed by atoms with Crippen molar-refractivity contribution < 1.29 is 28.6 Å². The fraction of sp³-hybridized carbons (Fsp3) is 0.368. The highest BCUT2D eigenvalue weighted by Gasteiger charge is 2.36. The molecule has 3 saturated heterocycles. The Morgan fingerprint density at radius 2 is 0.705 bits per heavy atom. The lowest BCUT2D eigenvalue weighted by Gasteiger charge is -2.32. The zero-order chi connectivity index (χ0) is 84.2. The molecule has 6 aromatic heterocycles. The Balaban J connectivity index is 0.000000136. The van der Waals surface area contributed by atoms with E-state index in [1.807, 2.05) is 211 Å². The van der Waals surface area contributed by atoms with Gasteiger partial charge in [-0.05, 0) is 220 Å². The number of anilines is 3. The van der Waals surface area contributed by atoms with Crippen molar-refractivity contribution in [1.82, 2.24) is 88.6 Å². The van der Waals surface area contributed by atoms with Crippen molar-refractivity contribution in [2.45, 2.75) is 160 Å². The van der Waals surface area contributed by atoms with Crippen LogP contribution in [0.3, 0.4) is 0 Å². The minimum Gasteiger partial charge on any atom is -0.457 e. The van der Waals surface area contributed by atoms with Gasteiger partial charge in [-0.15, -0.1) is 0 Å². The first-order valence-corrected chi connectivity index (χ1v) is 43.1. The van der Waals surface area contributed by atoms with E-state index in [4.69, 9.17) is 46.7 Å². The van der Waals surface area contributed by atoms with E-state index in [0.717, 1.165) is 162 Å². The Morgan fingerprint density at radius 3 is 1.02 bits per heavy atom. The van der Waals surface area contributed by atoms with E-state index in [1.165, 1.54) is 57.5 Å². The maximum absolute atomic E-state index is 13.2. The molecule has 27 heteroatoms. The van der Waals surface area contributed by atoms with E-state index in [2.05, 4.69) is 79.2 Å². The number of rotatable bonds is 28. The number of amides is 3. The number of hydrogen-bond donors (Lipinski definition) is 3. The molecule has 0 radical (unpaired) electrons. The van der Waals surface area contributed by atoms with Crippen LogP contribution >= 0.6 is 0 Å². The Labute approximate surface area is 711 Å². The Bertz CT molecular complexity index is 5650. The molecule has 3 saturated carbocycles. The zero-order valence-corrected chi connectivity index (χ0v) is 70.2. The van der Waals surface area contributed by atoms with Crippen molar-refractivity contribution >= 4 is 68.3 Å². The number of para-hydroxylation sites is 3. The summed E-state index contributed by atoms with van der Waals surface area (Å²) < 4.78 is 23.7. The van der Waals surface area contributed by atoms with Crippen LogP contribution in [0, 0.1) is 0 Å². The van der Waals surface area contributed by atoms with E-state index in [-0.39, 0.29) is 35.8 Å². The van der Waals surface area contributed by atoms with Crippen LogP contribution in [-0.2, 0) is 14.4 Å². The van der Waals surface area contributed by atoms with Gasteiger partial charge in [0.15, 0.2) is 16.9 Å². The second kappa shape index (κ2) is 38.3. The van der Waals surface area contributed by atoms with Crippen LogP contribution in [0.2, 0.25) is 0 Å². The number of fused-ring (bicyclic) bond motifs is 3. The average molecular weight is 1640 g/mol. The maximum Gasteiger partial charge on any atom is 0.246 e. The van der Waals surface area contributed by atoms with Crippen LogP contribution in [0.1, 0.15) is 130 Å². The number of aromatic nitrogens is 12. The fourth-order valence-corrected chi connectivity index (χ4v) is 16.8. The minimum atomic E-state index is -0.00837. The first kappa shape index (κ1) is 83.0. The molecule has 3 aliphatic heterocycles. The normalized spacial score (nSPS) is 17.6. The fourth-order valence-electron chi connectivity index (χ4n) is 16.8. The number of nitrogens with zero attached hydrogens (tertiary/aromatic N) is 18. The molecular weight excluding hydrogens is 1530 g/mol. The van der Waals surface area contributed by atoms with Gasteiger partial charge in [0.05, 0.1) is 34.3 Å². The van der Waals surface area contributed by atoms with Gasteiger partial charge in [-0.3, -0.25) is 29.1 Å². The third kappa shape index (κ3) is 20.0. The summed E-state index contributed by atoms with van der Waals surface area (Å²) in [6, 6.07) is 55.3. The maximum atomic E-state index is 13.2. The number of benzene rings is 6. The highest BCUT2D eigenvalue weighted by Crippen LogP contribution is 2.41. The molecular formula is C95H109N21O6. The number of carbonyl (C=O) groups excluding carboxylic acids is 3. The number of nitrogen functional groups attached to an aromatic ring is 3. The van der Waals surface area contributed by atoms with E-state index >= 15 is 0 Å². The first-order chi connectivity index (χ1) is 59.6. The second-order valence-electron chi connectivity index (χ2n) is 32.9. The largest absolute Gasteiger partial charge is 0.457 e. The summed E-state index contributed by atoms with van der Waals surface area (Å²) in [6.07, 6.45) is 28.8. The molecule has 0 bridgehead atoms. The van der Waals surface area contributed by atoms with E-state index in [1.54, 1.807) is 18.2 Å². The molecule has 6 N–H and O–H groups in total. The van der Waals surface area contributed by atoms with Crippen molar-refractivity contribution in [3.8, 4) is 68.3 Å². The summed E-state index contributed by atoms with van der Waals surface area (Å²) in [6.45, 7) is 18.5. The lowest BCUT2D eigenvalue weighted by molar-refractivity contribution is -0.128. The third-order valence-electron chi connectivity index (χ3n) is 23.5. The monoisotopic (exact) mass is 1640 g/mol. The molecule has 630 valence electrons. The molecule has 3 aliphatic carbocycles. The Hall–Kier alpha value is -12.7. The van der Waals surface area contributed by atoms with Gasteiger partial charge in [0.2, 0.25) is 17.7 Å². The summed E-state index contributed by atoms with van der Waals surface area (Å²) >= 11 is 0. The van der Waals surface area contributed by atoms with Gasteiger partial charge in [-0.25, -0.2) is 43.9 Å². The molecule has 18 rings (SSSR count). The molecule has 0 spiro atoms. The number of carbonyl (C=O) groups is 3. The molecule has 9 heterocycles. The quantitative estimate of drug-likeness (QED) is 0.0384. The first-order valence-electron chi connectivity index (χ1n) is 43.1. The lowest BCUT2D eigenvalue weighted by atomic mass is 10.1. The van der Waals surface area contributed by atoms with Crippen LogP contribution in [0.25, 0.3) is 66.9 Å². The van der Waals surface area contributed by atoms with E-state index < -0.39 is 0 Å². The Morgan fingerprint density at radius 1 is 0.393 bits per heavy atom. The number of nitrogens with two attached hydrogens (primary N) is 3. The molecule has 0 unspecified atom stereocenters. The van der Waals surface area contributed by atoms with Crippen LogP contribution in [0.4, 0.5) is 17.5 Å². The Kier molecular flexibility index (Phi) is 26.1. The standard InChI is InChI=1S/2C32H37N7O2.C31H35N7O2/c1-22(2)38(24-14-15-24)19-7-11-28(40)37-18-6-8-25(20-37)39-32-29(31(33)34-21-35-32)30(36-39)23-12-16-27(17-13-23)41-26-9-4-3-5-10-26;1-2-18-37(24-14-15-24)19-7-11-28(40)38-20-6-8-25(21-38)39-32-29(31(33)34-22-35-32)30(36-39)23-12-16-27(17-13-23)41-26-9-4-3-5-10-26;1-21(2)37(23-12-13-23)17-6-9-27(39)36-18-16-24(19-36)38-31-28(30(32)33-20-34-31)29(35-38)22-10-14-26(15-11-22)40-25-7-4-3-5-8-25/h3-5,7,9-13,16-17,21-22,24-25H,6,8,14-15,18-20H2,1-2H3,(H2,33,34,35);3-5,7,9-13,16-17,22,24-25H,2,6,8,14-15,18-21H2,1H3,(H2,33,34,35);3-11,14-15,20-21,23-24H,12-13,16-19H2,1-2H3,(H2,32,33,34)/b2*11-7+;9-6+/t2*25-;24-/m111/s1.